The molecule has 0 aliphatic carbocycles. The van der Waals surface area contributed by atoms with Crippen molar-refractivity contribution in [3.63, 3.8) is 0 Å². The third kappa shape index (κ3) is 16.1. The van der Waals surface area contributed by atoms with Crippen molar-refractivity contribution in [2.45, 2.75) is 71.1 Å². The molecule has 3 heteroatoms. The van der Waals surface area contributed by atoms with Crippen molar-refractivity contribution in [3.8, 4) is 0 Å². The molecule has 0 saturated heterocycles. The van der Waals surface area contributed by atoms with E-state index in [2.05, 4.69) is 6.92 Å². The van der Waals surface area contributed by atoms with Crippen molar-refractivity contribution in [2.24, 2.45) is 0 Å². The van der Waals surface area contributed by atoms with E-state index in [-0.39, 0.29) is 6.15 Å². The van der Waals surface area contributed by atoms with E-state index in [0.717, 1.165) is 12.8 Å². The van der Waals surface area contributed by atoms with Crippen LogP contribution in [-0.2, 0) is 4.79 Å². The van der Waals surface area contributed by atoms with Crippen LogP contribution in [0.15, 0.2) is 0 Å². The van der Waals surface area contributed by atoms with Crippen LogP contribution in [0, 0.1) is 0 Å². The molecule has 0 aromatic rings. The fraction of sp³-hybridized carbons (Fsp3) is 0.917. The van der Waals surface area contributed by atoms with E-state index in [1.54, 1.807) is 0 Å². The molecule has 0 amide bonds. The zero-order valence-corrected chi connectivity index (χ0v) is 9.87. The lowest BCUT2D eigenvalue weighted by molar-refractivity contribution is -0.137. The Balaban J connectivity index is 0. The summed E-state index contributed by atoms with van der Waals surface area (Å²) in [5.41, 5.74) is 0. The Bertz CT molecular complexity index is 138. The number of carboxylic acid groups (broad SMARTS) is 1. The second-order valence-corrected chi connectivity index (χ2v) is 3.97. The zero-order valence-electron chi connectivity index (χ0n) is 9.87. The average Bonchev–Trinajstić information content (AvgIpc) is 2.15. The van der Waals surface area contributed by atoms with Crippen molar-refractivity contribution in [1.82, 2.24) is 6.15 Å². The minimum absolute atomic E-state index is 0. The highest BCUT2D eigenvalue weighted by Gasteiger charge is 1.96. The topological polar surface area (TPSA) is 67.8 Å². The molecular formula is C12H24NO2. The molecule has 3 radical (unpaired) electrons. The lowest BCUT2D eigenvalue weighted by Gasteiger charge is -2.00. The summed E-state index contributed by atoms with van der Waals surface area (Å²) in [6, 6.07) is 0. The van der Waals surface area contributed by atoms with Gasteiger partial charge in [0.05, 0.1) is 0 Å². The van der Waals surface area contributed by atoms with Gasteiger partial charge in [0.25, 0.3) is 0 Å². The number of hydrogen-bond donors (Lipinski definition) is 1. The first-order valence-electron chi connectivity index (χ1n) is 5.99. The summed E-state index contributed by atoms with van der Waals surface area (Å²) in [7, 11) is 0. The number of unbranched alkanes of at least 4 members (excludes halogenated alkanes) is 8. The van der Waals surface area contributed by atoms with Crippen LogP contribution in [-0.4, -0.2) is 11.1 Å². The number of carboxylic acids is 1. The number of hydrogen-bond acceptors (Lipinski definition) is 1. The van der Waals surface area contributed by atoms with Gasteiger partial charge in [0.15, 0.2) is 0 Å². The number of carbonyl (C=O) groups is 1. The van der Waals surface area contributed by atoms with E-state index in [9.17, 15) is 4.79 Å². The highest BCUT2D eigenvalue weighted by atomic mass is 16.4. The minimum Gasteiger partial charge on any atom is -0.481 e. The Morgan fingerprint density at radius 2 is 1.27 bits per heavy atom. The molecule has 0 fully saturated rings. The van der Waals surface area contributed by atoms with Crippen LogP contribution < -0.4 is 6.15 Å². The van der Waals surface area contributed by atoms with Gasteiger partial charge in [0.1, 0.15) is 0 Å². The van der Waals surface area contributed by atoms with E-state index >= 15 is 0 Å². The molecule has 89 valence electrons. The number of aliphatic carboxylic acids is 1. The maximum atomic E-state index is 10.2. The molecule has 0 unspecified atom stereocenters. The summed E-state index contributed by atoms with van der Waals surface area (Å²) in [6.45, 7) is 2.23. The van der Waals surface area contributed by atoms with E-state index in [4.69, 9.17) is 5.11 Å². The Kier molecular flexibility index (Phi) is 15.1. The molecule has 0 aromatic heterocycles. The standard InChI is InChI=1S/C12H24O2.N/c1-2-3-4-5-6-7-8-9-10-11-12(13)14;/h2-11H2,1H3,(H,13,14);. The molecule has 0 aromatic carbocycles. The number of rotatable bonds is 10. The molecule has 15 heavy (non-hydrogen) atoms. The van der Waals surface area contributed by atoms with Crippen molar-refractivity contribution in [1.29, 1.82) is 0 Å². The van der Waals surface area contributed by atoms with E-state index < -0.39 is 5.97 Å². The monoisotopic (exact) mass is 214 g/mol. The van der Waals surface area contributed by atoms with Crippen LogP contribution in [0.5, 0.6) is 0 Å². The minimum atomic E-state index is -0.659. The van der Waals surface area contributed by atoms with Gasteiger partial charge in [-0.3, -0.25) is 4.79 Å². The molecule has 0 rings (SSSR count). The Hall–Kier alpha value is -0.570. The van der Waals surface area contributed by atoms with Crippen LogP contribution in [0.1, 0.15) is 71.1 Å². The summed E-state index contributed by atoms with van der Waals surface area (Å²) < 4.78 is 0. The first kappa shape index (κ1) is 16.8. The quantitative estimate of drug-likeness (QED) is 0.565. The third-order valence-electron chi connectivity index (χ3n) is 2.49. The second-order valence-electron chi connectivity index (χ2n) is 3.97. The van der Waals surface area contributed by atoms with Crippen LogP contribution >= 0.6 is 0 Å². The van der Waals surface area contributed by atoms with Gasteiger partial charge >= 0.3 is 5.97 Å². The first-order valence-corrected chi connectivity index (χ1v) is 5.99. The second kappa shape index (κ2) is 13.4. The molecule has 0 aliphatic heterocycles. The summed E-state index contributed by atoms with van der Waals surface area (Å²) in [6.07, 6.45) is 11.5. The van der Waals surface area contributed by atoms with Gasteiger partial charge in [0.2, 0.25) is 0 Å². The summed E-state index contributed by atoms with van der Waals surface area (Å²) >= 11 is 0. The summed E-state index contributed by atoms with van der Waals surface area (Å²) in [4.78, 5) is 10.2. The van der Waals surface area contributed by atoms with E-state index in [1.807, 2.05) is 0 Å². The highest BCUT2D eigenvalue weighted by molar-refractivity contribution is 5.66. The molecule has 1 N–H and O–H groups in total. The predicted molar refractivity (Wildman–Crippen MR) is 61.6 cm³/mol. The van der Waals surface area contributed by atoms with Gasteiger partial charge in [-0.2, -0.15) is 0 Å². The Morgan fingerprint density at radius 1 is 0.867 bits per heavy atom. The fourth-order valence-electron chi connectivity index (χ4n) is 1.59. The lowest BCUT2D eigenvalue weighted by Crippen LogP contribution is -1.93. The van der Waals surface area contributed by atoms with Gasteiger partial charge in [0, 0.05) is 12.6 Å². The van der Waals surface area contributed by atoms with E-state index in [0.29, 0.717) is 6.42 Å². The molecule has 0 spiro atoms. The highest BCUT2D eigenvalue weighted by Crippen LogP contribution is 2.10. The van der Waals surface area contributed by atoms with Gasteiger partial charge in [-0.1, -0.05) is 58.3 Å². The van der Waals surface area contributed by atoms with Gasteiger partial charge < -0.3 is 5.11 Å². The van der Waals surface area contributed by atoms with E-state index in [1.165, 1.54) is 44.9 Å². The Labute approximate surface area is 93.8 Å². The van der Waals surface area contributed by atoms with Crippen LogP contribution in [0.4, 0.5) is 0 Å². The van der Waals surface area contributed by atoms with Crippen LogP contribution in [0.25, 0.3) is 0 Å². The molecule has 0 aliphatic rings. The molecule has 0 atom stereocenters. The largest absolute Gasteiger partial charge is 0.481 e. The van der Waals surface area contributed by atoms with Gasteiger partial charge in [-0.25, -0.2) is 0 Å². The smallest absolute Gasteiger partial charge is 0.303 e. The molecule has 0 heterocycles. The maximum absolute atomic E-state index is 10.2. The first-order chi connectivity index (χ1) is 6.77. The summed E-state index contributed by atoms with van der Waals surface area (Å²) in [5, 5.41) is 8.41. The van der Waals surface area contributed by atoms with Crippen molar-refractivity contribution < 1.29 is 9.90 Å². The van der Waals surface area contributed by atoms with Crippen molar-refractivity contribution in [2.75, 3.05) is 0 Å². The third-order valence-corrected chi connectivity index (χ3v) is 2.49. The lowest BCUT2D eigenvalue weighted by atomic mass is 10.1. The maximum Gasteiger partial charge on any atom is 0.303 e. The van der Waals surface area contributed by atoms with Crippen LogP contribution in [0.3, 0.4) is 0 Å². The SMILES string of the molecule is CCCCCCCCCCCC(=O)O.[N]. The summed E-state index contributed by atoms with van der Waals surface area (Å²) in [5.74, 6) is -0.659. The van der Waals surface area contributed by atoms with Crippen LogP contribution in [0.2, 0.25) is 0 Å². The van der Waals surface area contributed by atoms with Crippen molar-refractivity contribution >= 4 is 5.97 Å². The normalized spacial score (nSPS) is 9.67. The fourth-order valence-corrected chi connectivity index (χ4v) is 1.59. The number of nitrogens with zero attached hydrogens (tertiary/aromatic N) is 1. The Morgan fingerprint density at radius 3 is 1.67 bits per heavy atom. The van der Waals surface area contributed by atoms with Crippen molar-refractivity contribution in [3.05, 3.63) is 0 Å². The molecule has 3 nitrogen and oxygen atoms in total. The molecule has 0 saturated carbocycles. The molecule has 0 bridgehead atoms. The predicted octanol–water partition coefficient (Wildman–Crippen LogP) is 3.51. The molecular weight excluding hydrogens is 190 g/mol. The zero-order chi connectivity index (χ0) is 10.6. The van der Waals surface area contributed by atoms with Gasteiger partial charge in [-0.05, 0) is 6.42 Å². The van der Waals surface area contributed by atoms with Gasteiger partial charge in [-0.15, -0.1) is 0 Å². The average molecular weight is 214 g/mol.